The van der Waals surface area contributed by atoms with Gasteiger partial charge in [-0.25, -0.2) is 0 Å². The van der Waals surface area contributed by atoms with Crippen LogP contribution in [0.4, 0.5) is 0 Å². The quantitative estimate of drug-likeness (QED) is 0.503. The van der Waals surface area contributed by atoms with Crippen LogP contribution in [0, 0.1) is 27.7 Å². The van der Waals surface area contributed by atoms with Gasteiger partial charge in [0.05, 0.1) is 0 Å². The van der Waals surface area contributed by atoms with Gasteiger partial charge in [0.2, 0.25) is 0 Å². The topological polar surface area (TPSA) is 0 Å². The lowest BCUT2D eigenvalue weighted by molar-refractivity contribution is 1.39. The van der Waals surface area contributed by atoms with Crippen LogP contribution in [-0.2, 0) is 0 Å². The molecule has 0 aliphatic carbocycles. The Hall–Kier alpha value is -1.56. The predicted octanol–water partition coefficient (Wildman–Crippen LogP) is 6.66. The van der Waals surface area contributed by atoms with Gasteiger partial charge < -0.3 is 0 Å². The Labute approximate surface area is 126 Å². The lowest BCUT2D eigenvalue weighted by atomic mass is 10.2. The van der Waals surface area contributed by atoms with Crippen molar-refractivity contribution in [3.8, 4) is 0 Å². The summed E-state index contributed by atoms with van der Waals surface area (Å²) in [6.07, 6.45) is 0. The number of rotatable bonds is 0. The van der Waals surface area contributed by atoms with Crippen molar-refractivity contribution in [3.05, 3.63) is 70.8 Å². The van der Waals surface area contributed by atoms with Crippen molar-refractivity contribution >= 4 is 0 Å². The van der Waals surface area contributed by atoms with Gasteiger partial charge in [-0.1, -0.05) is 98.5 Å². The normalized spacial score (nSPS) is 8.00. The molecule has 0 heteroatoms. The number of hydrogen-bond acceptors (Lipinski definition) is 0. The Morgan fingerprint density at radius 3 is 0.950 bits per heavy atom. The van der Waals surface area contributed by atoms with E-state index in [1.807, 2.05) is 27.7 Å². The molecule has 0 saturated carbocycles. The van der Waals surface area contributed by atoms with Gasteiger partial charge in [0.1, 0.15) is 0 Å². The van der Waals surface area contributed by atoms with Gasteiger partial charge in [-0.2, -0.15) is 0 Å². The van der Waals surface area contributed by atoms with Gasteiger partial charge in [-0.05, 0) is 27.7 Å². The molecule has 2 rings (SSSR count). The van der Waals surface area contributed by atoms with E-state index in [2.05, 4.69) is 76.2 Å². The zero-order chi connectivity index (χ0) is 16.0. The predicted molar refractivity (Wildman–Crippen MR) is 94.5 cm³/mol. The van der Waals surface area contributed by atoms with Crippen LogP contribution in [0.2, 0.25) is 0 Å². The largest absolute Gasteiger partial charge is 0.0683 e. The van der Waals surface area contributed by atoms with Crippen LogP contribution in [0.3, 0.4) is 0 Å². The zero-order valence-electron chi connectivity index (χ0n) is 14.6. The highest BCUT2D eigenvalue weighted by molar-refractivity contribution is 5.20. The van der Waals surface area contributed by atoms with Crippen molar-refractivity contribution in [3.63, 3.8) is 0 Å². The molecule has 0 N–H and O–H groups in total. The monoisotopic (exact) mass is 272 g/mol. The fourth-order valence-corrected chi connectivity index (χ4v) is 1.44. The summed E-state index contributed by atoms with van der Waals surface area (Å²) >= 11 is 0. The SMILES string of the molecule is CC.CC.Cc1ccc(C)cc1.Cc1cccc(C)c1. The van der Waals surface area contributed by atoms with E-state index in [1.165, 1.54) is 22.3 Å². The van der Waals surface area contributed by atoms with E-state index in [4.69, 9.17) is 0 Å². The Morgan fingerprint density at radius 2 is 0.750 bits per heavy atom. The minimum Gasteiger partial charge on any atom is -0.0683 e. The van der Waals surface area contributed by atoms with Gasteiger partial charge in [0.25, 0.3) is 0 Å². The highest BCUT2D eigenvalue weighted by atomic mass is 13.9. The summed E-state index contributed by atoms with van der Waals surface area (Å²) in [5, 5.41) is 0. The number of aryl methyl sites for hydroxylation is 4. The second-order valence-electron chi connectivity index (χ2n) is 4.31. The number of benzene rings is 2. The van der Waals surface area contributed by atoms with Crippen LogP contribution in [0.25, 0.3) is 0 Å². The molecular formula is C20H32. The van der Waals surface area contributed by atoms with Crippen molar-refractivity contribution in [1.29, 1.82) is 0 Å². The van der Waals surface area contributed by atoms with E-state index in [1.54, 1.807) is 0 Å². The fourth-order valence-electron chi connectivity index (χ4n) is 1.44. The maximum absolute atomic E-state index is 2.17. The molecule has 2 aromatic rings. The van der Waals surface area contributed by atoms with Crippen LogP contribution in [0.1, 0.15) is 49.9 Å². The summed E-state index contributed by atoms with van der Waals surface area (Å²) < 4.78 is 0. The first-order valence-corrected chi connectivity index (χ1v) is 7.64. The second-order valence-corrected chi connectivity index (χ2v) is 4.31. The standard InChI is InChI=1S/2C8H10.2C2H6/c1-7-3-5-8(2)6-4-7;1-7-4-3-5-8(2)6-7;2*1-2/h2*3-6H,1-2H3;2*1-2H3. The molecule has 0 aliphatic rings. The minimum absolute atomic E-state index is 1.33. The summed E-state index contributed by atoms with van der Waals surface area (Å²) in [5.41, 5.74) is 5.33. The van der Waals surface area contributed by atoms with Gasteiger partial charge in [-0.15, -0.1) is 0 Å². The average Bonchev–Trinajstić information content (AvgIpc) is 2.47. The van der Waals surface area contributed by atoms with Gasteiger partial charge in [0.15, 0.2) is 0 Å². The molecule has 0 saturated heterocycles. The Balaban J connectivity index is 0. The van der Waals surface area contributed by atoms with Gasteiger partial charge in [0, 0.05) is 0 Å². The van der Waals surface area contributed by atoms with Crippen molar-refractivity contribution in [2.75, 3.05) is 0 Å². The molecule has 0 atom stereocenters. The van der Waals surface area contributed by atoms with E-state index in [0.717, 1.165) is 0 Å². The molecule has 0 unspecified atom stereocenters. The van der Waals surface area contributed by atoms with E-state index >= 15 is 0 Å². The van der Waals surface area contributed by atoms with Gasteiger partial charge >= 0.3 is 0 Å². The van der Waals surface area contributed by atoms with Crippen LogP contribution in [0.15, 0.2) is 48.5 Å². The first kappa shape index (κ1) is 20.8. The maximum atomic E-state index is 2.17. The van der Waals surface area contributed by atoms with Crippen molar-refractivity contribution in [2.45, 2.75) is 55.4 Å². The van der Waals surface area contributed by atoms with E-state index in [0.29, 0.717) is 0 Å². The smallest absolute Gasteiger partial charge is 0.0398 e. The first-order valence-electron chi connectivity index (χ1n) is 7.64. The van der Waals surface area contributed by atoms with Crippen LogP contribution in [-0.4, -0.2) is 0 Å². The molecular weight excluding hydrogens is 240 g/mol. The van der Waals surface area contributed by atoms with E-state index < -0.39 is 0 Å². The summed E-state index contributed by atoms with van der Waals surface area (Å²) in [6, 6.07) is 16.9. The summed E-state index contributed by atoms with van der Waals surface area (Å²) in [5.74, 6) is 0. The third-order valence-electron chi connectivity index (χ3n) is 2.39. The lowest BCUT2D eigenvalue weighted by Gasteiger charge is -1.90. The molecule has 0 aliphatic heterocycles. The minimum atomic E-state index is 1.33. The molecule has 0 fully saturated rings. The zero-order valence-corrected chi connectivity index (χ0v) is 14.6. The second kappa shape index (κ2) is 13.9. The Bertz CT molecular complexity index is 386. The average molecular weight is 272 g/mol. The van der Waals surface area contributed by atoms with E-state index in [9.17, 15) is 0 Å². The molecule has 112 valence electrons. The molecule has 0 aromatic heterocycles. The molecule has 0 amide bonds. The van der Waals surface area contributed by atoms with Crippen LogP contribution < -0.4 is 0 Å². The molecule has 0 spiro atoms. The van der Waals surface area contributed by atoms with Gasteiger partial charge in [-0.3, -0.25) is 0 Å². The lowest BCUT2D eigenvalue weighted by Crippen LogP contribution is -1.71. The summed E-state index contributed by atoms with van der Waals surface area (Å²) in [7, 11) is 0. The first-order chi connectivity index (χ1) is 9.58. The Kier molecular flexibility index (Phi) is 14.4. The molecule has 20 heavy (non-hydrogen) atoms. The van der Waals surface area contributed by atoms with E-state index in [-0.39, 0.29) is 0 Å². The fraction of sp³-hybridized carbons (Fsp3) is 0.400. The van der Waals surface area contributed by atoms with Crippen molar-refractivity contribution < 1.29 is 0 Å². The highest BCUT2D eigenvalue weighted by Crippen LogP contribution is 2.00. The van der Waals surface area contributed by atoms with Crippen molar-refractivity contribution in [1.82, 2.24) is 0 Å². The van der Waals surface area contributed by atoms with Crippen LogP contribution in [0.5, 0.6) is 0 Å². The third kappa shape index (κ3) is 11.5. The Morgan fingerprint density at radius 1 is 0.450 bits per heavy atom. The number of hydrogen-bond donors (Lipinski definition) is 0. The van der Waals surface area contributed by atoms with Crippen molar-refractivity contribution in [2.24, 2.45) is 0 Å². The summed E-state index contributed by atoms with van der Waals surface area (Å²) in [4.78, 5) is 0. The van der Waals surface area contributed by atoms with Crippen LogP contribution >= 0.6 is 0 Å². The summed E-state index contributed by atoms with van der Waals surface area (Å²) in [6.45, 7) is 16.4. The third-order valence-corrected chi connectivity index (χ3v) is 2.39. The highest BCUT2D eigenvalue weighted by Gasteiger charge is 1.81. The maximum Gasteiger partial charge on any atom is -0.0398 e. The molecule has 0 bridgehead atoms. The molecule has 0 nitrogen and oxygen atoms in total. The molecule has 0 heterocycles. The molecule has 0 radical (unpaired) electrons. The molecule has 2 aromatic carbocycles.